The van der Waals surface area contributed by atoms with E-state index in [0.29, 0.717) is 12.8 Å². The molecule has 0 saturated carbocycles. The van der Waals surface area contributed by atoms with Gasteiger partial charge in [0.25, 0.3) is 0 Å². The Hall–Kier alpha value is -1.39. The molecule has 0 heterocycles. The van der Waals surface area contributed by atoms with Gasteiger partial charge in [0.1, 0.15) is 0 Å². The molecule has 1 aromatic carbocycles. The molecular formula is C15H22N2O2. The van der Waals surface area contributed by atoms with Gasteiger partial charge < -0.3 is 16.2 Å². The summed E-state index contributed by atoms with van der Waals surface area (Å²) in [5.41, 5.74) is 8.02. The third-order valence-corrected chi connectivity index (χ3v) is 3.80. The Morgan fingerprint density at radius 2 is 2.16 bits per heavy atom. The van der Waals surface area contributed by atoms with Crippen molar-refractivity contribution < 1.29 is 9.90 Å². The quantitative estimate of drug-likeness (QED) is 0.761. The minimum absolute atomic E-state index is 0.0954. The number of carbonyl (C=O) groups excluding carboxylic acids is 1. The van der Waals surface area contributed by atoms with E-state index in [0.717, 1.165) is 11.1 Å². The number of rotatable bonds is 4. The predicted octanol–water partition coefficient (Wildman–Crippen LogP) is 1.13. The van der Waals surface area contributed by atoms with Gasteiger partial charge in [-0.2, -0.15) is 0 Å². The average Bonchev–Trinajstić information content (AvgIpc) is 2.66. The highest BCUT2D eigenvalue weighted by molar-refractivity contribution is 5.77. The number of carbonyl (C=O) groups is 1. The maximum absolute atomic E-state index is 12.0. The largest absolute Gasteiger partial charge is 0.390 e. The average molecular weight is 262 g/mol. The minimum atomic E-state index is -0.545. The molecule has 0 radical (unpaired) electrons. The summed E-state index contributed by atoms with van der Waals surface area (Å²) in [5.74, 6) is 0.175. The van der Waals surface area contributed by atoms with Gasteiger partial charge in [0.15, 0.2) is 0 Å². The molecule has 0 aromatic heterocycles. The van der Waals surface area contributed by atoms with Gasteiger partial charge in [0.2, 0.25) is 5.91 Å². The number of fused-ring (bicyclic) bond motifs is 1. The Bertz CT molecular complexity index is 459. The van der Waals surface area contributed by atoms with Crippen molar-refractivity contribution in [2.45, 2.75) is 44.9 Å². The molecule has 0 saturated heterocycles. The first-order valence-electron chi connectivity index (χ1n) is 6.80. The summed E-state index contributed by atoms with van der Waals surface area (Å²) in [4.78, 5) is 12.0. The van der Waals surface area contributed by atoms with Crippen molar-refractivity contribution in [3.63, 3.8) is 0 Å². The summed E-state index contributed by atoms with van der Waals surface area (Å²) < 4.78 is 0. The Kier molecular flexibility index (Phi) is 4.22. The molecule has 0 fully saturated rings. The molecule has 104 valence electrons. The normalized spacial score (nSPS) is 23.2. The third-order valence-electron chi connectivity index (χ3n) is 3.80. The van der Waals surface area contributed by atoms with Gasteiger partial charge in [-0.05, 0) is 17.0 Å². The maximum atomic E-state index is 12.0. The van der Waals surface area contributed by atoms with E-state index in [9.17, 15) is 9.90 Å². The number of nitrogens with two attached hydrogens (primary N) is 1. The smallest absolute Gasteiger partial charge is 0.222 e. The number of amides is 1. The first-order chi connectivity index (χ1) is 8.99. The zero-order valence-electron chi connectivity index (χ0n) is 11.5. The van der Waals surface area contributed by atoms with Gasteiger partial charge in [0, 0.05) is 18.9 Å². The molecule has 2 rings (SSSR count). The number of hydrogen-bond donors (Lipinski definition) is 3. The molecule has 1 aromatic rings. The van der Waals surface area contributed by atoms with Crippen molar-refractivity contribution >= 4 is 5.91 Å². The van der Waals surface area contributed by atoms with E-state index in [-0.39, 0.29) is 23.9 Å². The summed E-state index contributed by atoms with van der Waals surface area (Å²) >= 11 is 0. The molecule has 0 aliphatic heterocycles. The van der Waals surface area contributed by atoms with E-state index in [2.05, 4.69) is 5.32 Å². The molecule has 4 heteroatoms. The molecule has 19 heavy (non-hydrogen) atoms. The van der Waals surface area contributed by atoms with Crippen LogP contribution in [0.1, 0.15) is 37.4 Å². The fourth-order valence-electron chi connectivity index (χ4n) is 2.43. The Morgan fingerprint density at radius 1 is 1.47 bits per heavy atom. The lowest BCUT2D eigenvalue weighted by molar-refractivity contribution is -0.123. The zero-order chi connectivity index (χ0) is 14.0. The highest BCUT2D eigenvalue weighted by Crippen LogP contribution is 2.31. The van der Waals surface area contributed by atoms with E-state index in [1.165, 1.54) is 0 Å². The predicted molar refractivity (Wildman–Crippen MR) is 74.5 cm³/mol. The van der Waals surface area contributed by atoms with Gasteiger partial charge in [-0.3, -0.25) is 4.79 Å². The number of aliphatic hydroxyl groups is 1. The number of nitrogens with one attached hydrogen (secondary N) is 1. The molecule has 4 N–H and O–H groups in total. The van der Waals surface area contributed by atoms with E-state index in [1.807, 2.05) is 38.1 Å². The van der Waals surface area contributed by atoms with E-state index in [4.69, 9.17) is 5.73 Å². The number of aliphatic hydroxyl groups excluding tert-OH is 1. The number of benzene rings is 1. The van der Waals surface area contributed by atoms with Gasteiger partial charge in [-0.15, -0.1) is 0 Å². The van der Waals surface area contributed by atoms with Crippen molar-refractivity contribution in [2.24, 2.45) is 11.7 Å². The molecule has 0 bridgehead atoms. The molecule has 1 amide bonds. The third kappa shape index (κ3) is 3.14. The first kappa shape index (κ1) is 14.0. The Labute approximate surface area is 114 Å². The SMILES string of the molecule is CC(C)C(N)CC(=O)N[C@H]1c2ccccc2C[C@H]1O. The number of hydrogen-bond acceptors (Lipinski definition) is 3. The van der Waals surface area contributed by atoms with Crippen LogP contribution in [-0.4, -0.2) is 23.2 Å². The summed E-state index contributed by atoms with van der Waals surface area (Å²) in [6.45, 7) is 4.00. The maximum Gasteiger partial charge on any atom is 0.222 e. The van der Waals surface area contributed by atoms with Gasteiger partial charge in [-0.25, -0.2) is 0 Å². The van der Waals surface area contributed by atoms with Gasteiger partial charge in [-0.1, -0.05) is 38.1 Å². The molecule has 1 unspecified atom stereocenters. The van der Waals surface area contributed by atoms with Crippen LogP contribution in [0.3, 0.4) is 0 Å². The minimum Gasteiger partial charge on any atom is -0.390 e. The Morgan fingerprint density at radius 3 is 2.84 bits per heavy atom. The van der Waals surface area contributed by atoms with Crippen molar-refractivity contribution in [2.75, 3.05) is 0 Å². The van der Waals surface area contributed by atoms with Crippen LogP contribution in [0, 0.1) is 5.92 Å². The van der Waals surface area contributed by atoms with E-state index in [1.54, 1.807) is 0 Å². The summed E-state index contributed by atoms with van der Waals surface area (Å²) in [5, 5.41) is 13.0. The van der Waals surface area contributed by atoms with Crippen molar-refractivity contribution in [3.05, 3.63) is 35.4 Å². The fourth-order valence-corrected chi connectivity index (χ4v) is 2.43. The van der Waals surface area contributed by atoms with Crippen LogP contribution in [0.2, 0.25) is 0 Å². The standard InChI is InChI=1S/C15H22N2O2/c1-9(2)12(16)8-14(19)17-15-11-6-4-3-5-10(11)7-13(15)18/h3-6,9,12-13,15,18H,7-8,16H2,1-2H3,(H,17,19)/t12?,13-,15+/m1/s1. The topological polar surface area (TPSA) is 75.4 Å². The lowest BCUT2D eigenvalue weighted by atomic mass is 10.0. The van der Waals surface area contributed by atoms with Crippen molar-refractivity contribution in [3.8, 4) is 0 Å². The zero-order valence-corrected chi connectivity index (χ0v) is 11.5. The van der Waals surface area contributed by atoms with Crippen LogP contribution in [-0.2, 0) is 11.2 Å². The molecule has 1 aliphatic rings. The van der Waals surface area contributed by atoms with Crippen LogP contribution >= 0.6 is 0 Å². The van der Waals surface area contributed by atoms with Crippen molar-refractivity contribution in [1.29, 1.82) is 0 Å². The monoisotopic (exact) mass is 262 g/mol. The highest BCUT2D eigenvalue weighted by Gasteiger charge is 2.32. The Balaban J connectivity index is 2.01. The highest BCUT2D eigenvalue weighted by atomic mass is 16.3. The molecule has 0 spiro atoms. The first-order valence-corrected chi connectivity index (χ1v) is 6.80. The lowest BCUT2D eigenvalue weighted by Gasteiger charge is -2.20. The second-order valence-corrected chi connectivity index (χ2v) is 5.63. The summed E-state index contributed by atoms with van der Waals surface area (Å²) in [7, 11) is 0. The molecule has 4 nitrogen and oxygen atoms in total. The van der Waals surface area contributed by atoms with E-state index < -0.39 is 6.10 Å². The van der Waals surface area contributed by atoms with Crippen LogP contribution < -0.4 is 11.1 Å². The van der Waals surface area contributed by atoms with Crippen LogP contribution in [0.15, 0.2) is 24.3 Å². The van der Waals surface area contributed by atoms with Crippen LogP contribution in [0.5, 0.6) is 0 Å². The summed E-state index contributed by atoms with van der Waals surface area (Å²) in [6, 6.07) is 7.38. The van der Waals surface area contributed by atoms with Crippen LogP contribution in [0.25, 0.3) is 0 Å². The lowest BCUT2D eigenvalue weighted by Crippen LogP contribution is -2.38. The second-order valence-electron chi connectivity index (χ2n) is 5.63. The second kappa shape index (κ2) is 5.72. The van der Waals surface area contributed by atoms with Gasteiger partial charge in [0.05, 0.1) is 12.1 Å². The molecular weight excluding hydrogens is 240 g/mol. The molecule has 1 aliphatic carbocycles. The van der Waals surface area contributed by atoms with Crippen molar-refractivity contribution in [1.82, 2.24) is 5.32 Å². The van der Waals surface area contributed by atoms with E-state index >= 15 is 0 Å². The van der Waals surface area contributed by atoms with Crippen LogP contribution in [0.4, 0.5) is 0 Å². The fraction of sp³-hybridized carbons (Fsp3) is 0.533. The van der Waals surface area contributed by atoms with Gasteiger partial charge >= 0.3 is 0 Å². The molecule has 3 atom stereocenters. The summed E-state index contributed by atoms with van der Waals surface area (Å²) in [6.07, 6.45) is 0.345.